The van der Waals surface area contributed by atoms with Crippen molar-refractivity contribution in [2.24, 2.45) is 0 Å². The number of amides is 1. The molecule has 4 nitrogen and oxygen atoms in total. The number of rotatable bonds is 5. The highest BCUT2D eigenvalue weighted by atomic mass is 16.3. The summed E-state index contributed by atoms with van der Waals surface area (Å²) in [4.78, 5) is 12.9. The van der Waals surface area contributed by atoms with Crippen LogP contribution in [0.15, 0.2) is 0 Å². The van der Waals surface area contributed by atoms with E-state index in [9.17, 15) is 4.79 Å². The van der Waals surface area contributed by atoms with Crippen molar-refractivity contribution in [3.63, 3.8) is 0 Å². The molecule has 0 aliphatic carbocycles. The van der Waals surface area contributed by atoms with Crippen molar-refractivity contribution < 1.29 is 9.90 Å². The molecule has 0 heterocycles. The number of carbonyl (C=O) groups excluding carboxylic acids is 1. The second kappa shape index (κ2) is 5.94. The van der Waals surface area contributed by atoms with Gasteiger partial charge >= 0.3 is 0 Å². The Balaban J connectivity index is 3.69. The third-order valence-corrected chi connectivity index (χ3v) is 1.63. The zero-order chi connectivity index (χ0) is 10.4. The highest BCUT2D eigenvalue weighted by molar-refractivity contribution is 5.77. The van der Waals surface area contributed by atoms with Crippen LogP contribution in [0.5, 0.6) is 0 Å². The van der Waals surface area contributed by atoms with E-state index in [-0.39, 0.29) is 5.91 Å². The van der Waals surface area contributed by atoms with E-state index < -0.39 is 6.10 Å². The summed E-state index contributed by atoms with van der Waals surface area (Å²) in [7, 11) is 1.69. The minimum Gasteiger partial charge on any atom is -0.392 e. The molecule has 0 bridgehead atoms. The normalized spacial score (nSPS) is 13.1. The maximum Gasteiger partial charge on any atom is 0.236 e. The number of nitrogens with zero attached hydrogens (tertiary/aromatic N) is 1. The van der Waals surface area contributed by atoms with Crippen LogP contribution < -0.4 is 5.32 Å². The van der Waals surface area contributed by atoms with Gasteiger partial charge in [-0.2, -0.15) is 0 Å². The second-order valence-corrected chi connectivity index (χ2v) is 3.66. The molecule has 0 aromatic rings. The van der Waals surface area contributed by atoms with Gasteiger partial charge in [0, 0.05) is 19.6 Å². The molecule has 0 aliphatic heterocycles. The van der Waals surface area contributed by atoms with Gasteiger partial charge in [-0.3, -0.25) is 4.79 Å². The average Bonchev–Trinajstić information content (AvgIpc) is 1.98. The van der Waals surface area contributed by atoms with Gasteiger partial charge < -0.3 is 15.3 Å². The fourth-order valence-electron chi connectivity index (χ4n) is 0.925. The Morgan fingerprint density at radius 3 is 2.38 bits per heavy atom. The van der Waals surface area contributed by atoms with Crippen LogP contribution in [0.1, 0.15) is 20.8 Å². The van der Waals surface area contributed by atoms with E-state index in [1.54, 1.807) is 14.0 Å². The van der Waals surface area contributed by atoms with E-state index in [4.69, 9.17) is 5.11 Å². The Morgan fingerprint density at radius 2 is 2.00 bits per heavy atom. The summed E-state index contributed by atoms with van der Waals surface area (Å²) >= 11 is 0. The molecule has 1 amide bonds. The molecule has 1 unspecified atom stereocenters. The first-order valence-electron chi connectivity index (χ1n) is 4.59. The lowest BCUT2D eigenvalue weighted by Crippen LogP contribution is -2.40. The van der Waals surface area contributed by atoms with Gasteiger partial charge in [0.25, 0.3) is 0 Å². The summed E-state index contributed by atoms with van der Waals surface area (Å²) in [5, 5.41) is 12.1. The van der Waals surface area contributed by atoms with Crippen molar-refractivity contribution in [3.8, 4) is 0 Å². The van der Waals surface area contributed by atoms with Crippen molar-refractivity contribution in [3.05, 3.63) is 0 Å². The first-order chi connectivity index (χ1) is 5.93. The Labute approximate surface area is 79.9 Å². The van der Waals surface area contributed by atoms with Gasteiger partial charge in [0.1, 0.15) is 0 Å². The molecule has 78 valence electrons. The summed E-state index contributed by atoms with van der Waals surface area (Å²) in [6, 6.07) is 0.309. The van der Waals surface area contributed by atoms with Crippen molar-refractivity contribution in [2.75, 3.05) is 20.1 Å². The average molecular weight is 188 g/mol. The number of likely N-dealkylation sites (N-methyl/N-ethyl adjacent to an activating group) is 1. The third kappa shape index (κ3) is 6.54. The zero-order valence-electron chi connectivity index (χ0n) is 8.87. The van der Waals surface area contributed by atoms with Crippen molar-refractivity contribution >= 4 is 5.91 Å². The number of hydrogen-bond acceptors (Lipinski definition) is 3. The van der Waals surface area contributed by atoms with E-state index in [0.29, 0.717) is 19.1 Å². The second-order valence-electron chi connectivity index (χ2n) is 3.66. The van der Waals surface area contributed by atoms with E-state index >= 15 is 0 Å². The van der Waals surface area contributed by atoms with Crippen LogP contribution >= 0.6 is 0 Å². The maximum absolute atomic E-state index is 11.3. The molecule has 0 aliphatic rings. The van der Waals surface area contributed by atoms with Crippen LogP contribution in [-0.4, -0.2) is 48.2 Å². The van der Waals surface area contributed by atoms with Gasteiger partial charge in [-0.15, -0.1) is 0 Å². The van der Waals surface area contributed by atoms with Crippen LogP contribution in [0.2, 0.25) is 0 Å². The molecular weight excluding hydrogens is 168 g/mol. The summed E-state index contributed by atoms with van der Waals surface area (Å²) < 4.78 is 0. The number of aliphatic hydroxyl groups is 1. The molecular formula is C9H20N2O2. The lowest BCUT2D eigenvalue weighted by Gasteiger charge is -2.19. The van der Waals surface area contributed by atoms with E-state index in [0.717, 1.165) is 0 Å². The quantitative estimate of drug-likeness (QED) is 0.629. The summed E-state index contributed by atoms with van der Waals surface area (Å²) in [5.41, 5.74) is 0. The van der Waals surface area contributed by atoms with Crippen LogP contribution in [0, 0.1) is 0 Å². The maximum atomic E-state index is 11.3. The molecule has 0 spiro atoms. The Morgan fingerprint density at radius 1 is 1.46 bits per heavy atom. The number of hydrogen-bond donors (Lipinski definition) is 2. The number of aliphatic hydroxyl groups excluding tert-OH is 1. The van der Waals surface area contributed by atoms with Gasteiger partial charge in [0.2, 0.25) is 5.91 Å². The fraction of sp³-hybridized carbons (Fsp3) is 0.889. The predicted octanol–water partition coefficient (Wildman–Crippen LogP) is -0.176. The molecule has 0 radical (unpaired) electrons. The smallest absolute Gasteiger partial charge is 0.236 e. The molecule has 13 heavy (non-hydrogen) atoms. The third-order valence-electron chi connectivity index (χ3n) is 1.63. The lowest BCUT2D eigenvalue weighted by atomic mass is 10.3. The molecule has 1 atom stereocenters. The number of nitrogens with one attached hydrogen (secondary N) is 1. The molecule has 0 saturated carbocycles. The Hall–Kier alpha value is -0.610. The minimum atomic E-state index is -0.465. The molecule has 0 aromatic carbocycles. The molecule has 0 rings (SSSR count). The Bertz CT molecular complexity index is 158. The van der Waals surface area contributed by atoms with Gasteiger partial charge in [0.05, 0.1) is 12.6 Å². The van der Waals surface area contributed by atoms with E-state index in [1.807, 2.05) is 13.8 Å². The van der Waals surface area contributed by atoms with Crippen molar-refractivity contribution in [1.29, 1.82) is 0 Å². The largest absolute Gasteiger partial charge is 0.392 e. The topological polar surface area (TPSA) is 52.6 Å². The van der Waals surface area contributed by atoms with Crippen LogP contribution in [-0.2, 0) is 4.79 Å². The van der Waals surface area contributed by atoms with Gasteiger partial charge in [0.15, 0.2) is 0 Å². The first kappa shape index (κ1) is 12.4. The monoisotopic (exact) mass is 188 g/mol. The lowest BCUT2D eigenvalue weighted by molar-refractivity contribution is -0.130. The van der Waals surface area contributed by atoms with Crippen molar-refractivity contribution in [1.82, 2.24) is 10.2 Å². The van der Waals surface area contributed by atoms with Crippen molar-refractivity contribution in [2.45, 2.75) is 32.9 Å². The molecule has 0 aromatic heterocycles. The molecule has 0 fully saturated rings. The molecule has 4 heteroatoms. The fourth-order valence-corrected chi connectivity index (χ4v) is 0.925. The zero-order valence-corrected chi connectivity index (χ0v) is 8.87. The van der Waals surface area contributed by atoms with Crippen LogP contribution in [0.3, 0.4) is 0 Å². The first-order valence-corrected chi connectivity index (χ1v) is 4.59. The summed E-state index contributed by atoms with van der Waals surface area (Å²) in [6.07, 6.45) is -0.465. The number of carbonyl (C=O) groups is 1. The minimum absolute atomic E-state index is 0.00889. The molecule has 0 saturated heterocycles. The van der Waals surface area contributed by atoms with Gasteiger partial charge in [-0.25, -0.2) is 0 Å². The van der Waals surface area contributed by atoms with Crippen LogP contribution in [0.25, 0.3) is 0 Å². The predicted molar refractivity (Wildman–Crippen MR) is 52.5 cm³/mol. The summed E-state index contributed by atoms with van der Waals surface area (Å²) in [5.74, 6) is 0.00889. The van der Waals surface area contributed by atoms with Crippen LogP contribution in [0.4, 0.5) is 0 Å². The standard InChI is InChI=1S/C9H20N2O2/c1-7(2)10-5-9(13)11(4)6-8(3)12/h7-8,10,12H,5-6H2,1-4H3. The van der Waals surface area contributed by atoms with E-state index in [2.05, 4.69) is 5.32 Å². The highest BCUT2D eigenvalue weighted by Crippen LogP contribution is 1.89. The van der Waals surface area contributed by atoms with Gasteiger partial charge in [-0.1, -0.05) is 13.8 Å². The Kier molecular flexibility index (Phi) is 5.66. The SMILES string of the molecule is CC(O)CN(C)C(=O)CNC(C)C. The summed E-state index contributed by atoms with van der Waals surface area (Å²) in [6.45, 7) is 6.36. The molecule has 2 N–H and O–H groups in total. The van der Waals surface area contributed by atoms with Gasteiger partial charge in [-0.05, 0) is 6.92 Å². The highest BCUT2D eigenvalue weighted by Gasteiger charge is 2.10. The van der Waals surface area contributed by atoms with E-state index in [1.165, 1.54) is 4.90 Å².